The van der Waals surface area contributed by atoms with Crippen molar-refractivity contribution in [3.63, 3.8) is 0 Å². The molecule has 0 spiro atoms. The van der Waals surface area contributed by atoms with Gasteiger partial charge >= 0.3 is 5.97 Å². The molecule has 100 valence electrons. The van der Waals surface area contributed by atoms with E-state index in [9.17, 15) is 9.59 Å². The van der Waals surface area contributed by atoms with Crippen molar-refractivity contribution in [3.8, 4) is 0 Å². The highest BCUT2D eigenvalue weighted by molar-refractivity contribution is 5.80. The molecule has 3 rings (SSSR count). The molecule has 3 aliphatic rings. The summed E-state index contributed by atoms with van der Waals surface area (Å²) in [5.74, 6) is -0.180. The molecule has 4 heteroatoms. The first-order chi connectivity index (χ1) is 8.61. The van der Waals surface area contributed by atoms with Crippen LogP contribution in [-0.4, -0.2) is 23.5 Å². The molecule has 2 atom stereocenters. The summed E-state index contributed by atoms with van der Waals surface area (Å²) in [6.07, 6.45) is 7.11. The van der Waals surface area contributed by atoms with Crippen molar-refractivity contribution in [3.05, 3.63) is 0 Å². The molecule has 3 fully saturated rings. The third-order valence-electron chi connectivity index (χ3n) is 5.10. The topological polar surface area (TPSA) is 66.4 Å². The summed E-state index contributed by atoms with van der Waals surface area (Å²) >= 11 is 0. The second-order valence-electron chi connectivity index (χ2n) is 6.40. The van der Waals surface area contributed by atoms with E-state index in [4.69, 9.17) is 5.11 Å². The molecule has 3 aliphatic carbocycles. The molecule has 0 aliphatic heterocycles. The smallest absolute Gasteiger partial charge is 0.306 e. The SMILES string of the molecule is O=C(O)C1CCC(C(=O)NCC2(C3CC3)CC2)C1. The summed E-state index contributed by atoms with van der Waals surface area (Å²) in [6, 6.07) is 0. The van der Waals surface area contributed by atoms with Gasteiger partial charge in [0.1, 0.15) is 0 Å². The average Bonchev–Trinajstić information content (AvgIpc) is 3.23. The van der Waals surface area contributed by atoms with E-state index < -0.39 is 5.97 Å². The zero-order valence-corrected chi connectivity index (χ0v) is 10.7. The van der Waals surface area contributed by atoms with Gasteiger partial charge in [0.05, 0.1) is 5.92 Å². The molecular weight excluding hydrogens is 230 g/mol. The Hall–Kier alpha value is -1.06. The lowest BCUT2D eigenvalue weighted by atomic mass is 9.99. The number of rotatable bonds is 5. The van der Waals surface area contributed by atoms with Gasteiger partial charge in [-0.2, -0.15) is 0 Å². The lowest BCUT2D eigenvalue weighted by Gasteiger charge is -2.17. The minimum atomic E-state index is -0.748. The Labute approximate surface area is 107 Å². The Kier molecular flexibility index (Phi) is 2.83. The van der Waals surface area contributed by atoms with E-state index in [1.54, 1.807) is 0 Å². The summed E-state index contributed by atoms with van der Waals surface area (Å²) in [4.78, 5) is 22.9. The number of carbonyl (C=O) groups is 2. The Morgan fingerprint density at radius 1 is 1.11 bits per heavy atom. The van der Waals surface area contributed by atoms with Crippen LogP contribution in [0.25, 0.3) is 0 Å². The van der Waals surface area contributed by atoms with E-state index in [1.165, 1.54) is 25.7 Å². The Morgan fingerprint density at radius 2 is 1.78 bits per heavy atom. The fourth-order valence-electron chi connectivity index (χ4n) is 3.44. The second kappa shape index (κ2) is 4.25. The molecule has 0 heterocycles. The van der Waals surface area contributed by atoms with Gasteiger partial charge in [-0.1, -0.05) is 0 Å². The molecule has 0 radical (unpaired) electrons. The largest absolute Gasteiger partial charge is 0.481 e. The van der Waals surface area contributed by atoms with E-state index in [1.807, 2.05) is 0 Å². The summed E-state index contributed by atoms with van der Waals surface area (Å²) in [7, 11) is 0. The van der Waals surface area contributed by atoms with Crippen LogP contribution in [0.4, 0.5) is 0 Å². The van der Waals surface area contributed by atoms with E-state index in [0.717, 1.165) is 18.9 Å². The van der Waals surface area contributed by atoms with Crippen molar-refractivity contribution in [1.82, 2.24) is 5.32 Å². The number of hydrogen-bond donors (Lipinski definition) is 2. The Morgan fingerprint density at radius 3 is 2.28 bits per heavy atom. The van der Waals surface area contributed by atoms with Crippen LogP contribution in [0.1, 0.15) is 44.9 Å². The molecule has 3 saturated carbocycles. The van der Waals surface area contributed by atoms with Gasteiger partial charge in [0.25, 0.3) is 0 Å². The molecular formula is C14H21NO3. The van der Waals surface area contributed by atoms with Crippen LogP contribution in [0.3, 0.4) is 0 Å². The molecule has 4 nitrogen and oxygen atoms in total. The monoisotopic (exact) mass is 251 g/mol. The van der Waals surface area contributed by atoms with Gasteiger partial charge in [0.2, 0.25) is 5.91 Å². The van der Waals surface area contributed by atoms with Gasteiger partial charge in [0, 0.05) is 12.5 Å². The zero-order valence-electron chi connectivity index (χ0n) is 10.7. The van der Waals surface area contributed by atoms with Gasteiger partial charge in [-0.25, -0.2) is 0 Å². The van der Waals surface area contributed by atoms with Gasteiger partial charge < -0.3 is 10.4 Å². The first-order valence-corrected chi connectivity index (χ1v) is 7.11. The number of aliphatic carboxylic acids is 1. The maximum absolute atomic E-state index is 12.0. The predicted octanol–water partition coefficient (Wildman–Crippen LogP) is 1.79. The van der Waals surface area contributed by atoms with Crippen LogP contribution in [-0.2, 0) is 9.59 Å². The van der Waals surface area contributed by atoms with E-state index in [2.05, 4.69) is 5.32 Å². The van der Waals surface area contributed by atoms with Crippen molar-refractivity contribution >= 4 is 11.9 Å². The third kappa shape index (κ3) is 2.25. The molecule has 0 aromatic heterocycles. The van der Waals surface area contributed by atoms with Gasteiger partial charge in [-0.15, -0.1) is 0 Å². The molecule has 2 N–H and O–H groups in total. The summed E-state index contributed by atoms with van der Waals surface area (Å²) in [5, 5.41) is 12.0. The summed E-state index contributed by atoms with van der Waals surface area (Å²) < 4.78 is 0. The van der Waals surface area contributed by atoms with E-state index in [-0.39, 0.29) is 17.7 Å². The van der Waals surface area contributed by atoms with Crippen molar-refractivity contribution in [2.45, 2.75) is 44.9 Å². The summed E-state index contributed by atoms with van der Waals surface area (Å²) in [5.41, 5.74) is 0.431. The zero-order chi connectivity index (χ0) is 12.8. The number of carbonyl (C=O) groups excluding carboxylic acids is 1. The van der Waals surface area contributed by atoms with E-state index >= 15 is 0 Å². The standard InChI is InChI=1S/C14H21NO3/c16-12(9-1-2-10(7-9)13(17)18)15-8-14(5-6-14)11-3-4-11/h9-11H,1-8H2,(H,15,16)(H,17,18). The number of nitrogens with one attached hydrogen (secondary N) is 1. The van der Waals surface area contributed by atoms with Gasteiger partial charge in [-0.05, 0) is 56.3 Å². The van der Waals surface area contributed by atoms with Crippen molar-refractivity contribution in [1.29, 1.82) is 0 Å². The number of amides is 1. The first kappa shape index (κ1) is 12.0. The highest BCUT2D eigenvalue weighted by atomic mass is 16.4. The first-order valence-electron chi connectivity index (χ1n) is 7.11. The molecule has 0 aromatic carbocycles. The van der Waals surface area contributed by atoms with Crippen molar-refractivity contribution in [2.75, 3.05) is 6.54 Å². The normalized spacial score (nSPS) is 33.1. The minimum Gasteiger partial charge on any atom is -0.481 e. The van der Waals surface area contributed by atoms with E-state index in [0.29, 0.717) is 18.3 Å². The molecule has 0 aromatic rings. The van der Waals surface area contributed by atoms with Crippen molar-refractivity contribution in [2.24, 2.45) is 23.2 Å². The minimum absolute atomic E-state index is 0.0684. The average molecular weight is 251 g/mol. The molecule has 1 amide bonds. The maximum atomic E-state index is 12.0. The van der Waals surface area contributed by atoms with Crippen LogP contribution >= 0.6 is 0 Å². The van der Waals surface area contributed by atoms with Crippen LogP contribution in [0, 0.1) is 23.2 Å². The molecule has 18 heavy (non-hydrogen) atoms. The van der Waals surface area contributed by atoms with Gasteiger partial charge in [0.15, 0.2) is 0 Å². The number of carboxylic acids is 1. The van der Waals surface area contributed by atoms with Crippen molar-refractivity contribution < 1.29 is 14.7 Å². The predicted molar refractivity (Wildman–Crippen MR) is 65.9 cm³/mol. The molecule has 0 bridgehead atoms. The maximum Gasteiger partial charge on any atom is 0.306 e. The fraction of sp³-hybridized carbons (Fsp3) is 0.857. The molecule has 2 unspecified atom stereocenters. The van der Waals surface area contributed by atoms with Crippen LogP contribution in [0.5, 0.6) is 0 Å². The summed E-state index contributed by atoms with van der Waals surface area (Å²) in [6.45, 7) is 0.824. The van der Waals surface area contributed by atoms with Crippen LogP contribution < -0.4 is 5.32 Å². The Bertz CT molecular complexity index is 371. The van der Waals surface area contributed by atoms with Crippen LogP contribution in [0.15, 0.2) is 0 Å². The lowest BCUT2D eigenvalue weighted by molar-refractivity contribution is -0.141. The lowest BCUT2D eigenvalue weighted by Crippen LogP contribution is -2.35. The number of carboxylic acid groups (broad SMARTS) is 1. The quantitative estimate of drug-likeness (QED) is 0.783. The highest BCUT2D eigenvalue weighted by Gasteiger charge is 2.53. The highest BCUT2D eigenvalue weighted by Crippen LogP contribution is 2.60. The second-order valence-corrected chi connectivity index (χ2v) is 6.40. The third-order valence-corrected chi connectivity index (χ3v) is 5.10. The van der Waals surface area contributed by atoms with Crippen LogP contribution in [0.2, 0.25) is 0 Å². The molecule has 0 saturated heterocycles. The number of hydrogen-bond acceptors (Lipinski definition) is 2. The fourth-order valence-corrected chi connectivity index (χ4v) is 3.44. The van der Waals surface area contributed by atoms with Gasteiger partial charge in [-0.3, -0.25) is 9.59 Å². The Balaban J connectivity index is 1.46.